The van der Waals surface area contributed by atoms with E-state index in [1.54, 1.807) is 24.3 Å². The van der Waals surface area contributed by atoms with E-state index in [4.69, 9.17) is 16.2 Å². The third-order valence-corrected chi connectivity index (χ3v) is 6.98. The van der Waals surface area contributed by atoms with Crippen molar-refractivity contribution in [3.8, 4) is 5.75 Å². The van der Waals surface area contributed by atoms with Gasteiger partial charge in [-0.15, -0.1) is 0 Å². The number of benzene rings is 1. The Hall–Kier alpha value is -3.14. The zero-order valence-electron chi connectivity index (χ0n) is 20.4. The SMILES string of the molecule is CCCCOc1ccc(N(C(=O)c2snc(C(N)=O)c2N)[C@@H](CCC)C(=O)NC2CCCC2)cc1. The molecule has 0 spiro atoms. The summed E-state index contributed by atoms with van der Waals surface area (Å²) >= 11 is 0.809. The van der Waals surface area contributed by atoms with E-state index in [1.165, 1.54) is 4.90 Å². The minimum atomic E-state index is -0.804. The Morgan fingerprint density at radius 2 is 1.86 bits per heavy atom. The minimum Gasteiger partial charge on any atom is -0.494 e. The van der Waals surface area contributed by atoms with E-state index in [2.05, 4.69) is 16.6 Å². The Bertz CT molecular complexity index is 1020. The molecule has 1 fully saturated rings. The van der Waals surface area contributed by atoms with Crippen LogP contribution in [0.1, 0.15) is 85.4 Å². The van der Waals surface area contributed by atoms with E-state index in [0.717, 1.165) is 50.1 Å². The first kappa shape index (κ1) is 26.5. The van der Waals surface area contributed by atoms with Gasteiger partial charge in [0.25, 0.3) is 11.8 Å². The molecule has 0 saturated heterocycles. The van der Waals surface area contributed by atoms with Crippen LogP contribution in [0.4, 0.5) is 11.4 Å². The van der Waals surface area contributed by atoms with E-state index >= 15 is 0 Å². The molecule has 1 atom stereocenters. The predicted octanol–water partition coefficient (Wildman–Crippen LogP) is 3.88. The maximum atomic E-state index is 13.8. The fourth-order valence-electron chi connectivity index (χ4n) is 4.23. The number of primary amides is 1. The minimum absolute atomic E-state index is 0.0662. The topological polar surface area (TPSA) is 141 Å². The summed E-state index contributed by atoms with van der Waals surface area (Å²) in [5.41, 5.74) is 11.8. The van der Waals surface area contributed by atoms with E-state index in [1.807, 2.05) is 6.92 Å². The smallest absolute Gasteiger partial charge is 0.272 e. The predicted molar refractivity (Wildman–Crippen MR) is 138 cm³/mol. The number of carbonyl (C=O) groups is 3. The summed E-state index contributed by atoms with van der Waals surface area (Å²) in [6.07, 6.45) is 7.16. The largest absolute Gasteiger partial charge is 0.494 e. The van der Waals surface area contributed by atoms with Crippen molar-refractivity contribution in [2.45, 2.75) is 77.3 Å². The number of ether oxygens (including phenoxy) is 1. The van der Waals surface area contributed by atoms with Crippen molar-refractivity contribution in [3.05, 3.63) is 34.8 Å². The Kier molecular flexibility index (Phi) is 9.47. The molecule has 0 radical (unpaired) electrons. The van der Waals surface area contributed by atoms with Gasteiger partial charge in [0.1, 0.15) is 16.7 Å². The lowest BCUT2D eigenvalue weighted by atomic mass is 10.1. The van der Waals surface area contributed by atoms with Crippen molar-refractivity contribution < 1.29 is 19.1 Å². The molecule has 1 aliphatic rings. The normalized spacial score (nSPS) is 14.5. The lowest BCUT2D eigenvalue weighted by molar-refractivity contribution is -0.123. The second kappa shape index (κ2) is 12.5. The van der Waals surface area contributed by atoms with Gasteiger partial charge in [-0.2, -0.15) is 4.37 Å². The van der Waals surface area contributed by atoms with Crippen LogP contribution >= 0.6 is 11.5 Å². The first-order chi connectivity index (χ1) is 16.9. The van der Waals surface area contributed by atoms with Crippen molar-refractivity contribution in [2.75, 3.05) is 17.2 Å². The number of rotatable bonds is 12. The lowest BCUT2D eigenvalue weighted by Gasteiger charge is -2.31. The number of nitrogens with zero attached hydrogens (tertiary/aromatic N) is 2. The fraction of sp³-hybridized carbons (Fsp3) is 0.520. The van der Waals surface area contributed by atoms with Crippen molar-refractivity contribution in [3.63, 3.8) is 0 Å². The third-order valence-electron chi connectivity index (χ3n) is 6.13. The van der Waals surface area contributed by atoms with Crippen LogP contribution in [0, 0.1) is 0 Å². The molecule has 3 amide bonds. The zero-order valence-corrected chi connectivity index (χ0v) is 21.2. The number of amides is 3. The molecule has 9 nitrogen and oxygen atoms in total. The van der Waals surface area contributed by atoms with Gasteiger partial charge in [-0.1, -0.05) is 39.5 Å². The van der Waals surface area contributed by atoms with Gasteiger partial charge in [0.15, 0.2) is 5.69 Å². The number of carbonyl (C=O) groups excluding carboxylic acids is 3. The molecule has 1 aromatic heterocycles. The monoisotopic (exact) mass is 501 g/mol. The van der Waals surface area contributed by atoms with Gasteiger partial charge < -0.3 is 21.5 Å². The van der Waals surface area contributed by atoms with E-state index in [0.29, 0.717) is 30.9 Å². The molecular formula is C25H35N5O4S. The number of unbranched alkanes of at least 4 members (excludes halogenated alkanes) is 1. The second-order valence-electron chi connectivity index (χ2n) is 8.80. The van der Waals surface area contributed by atoms with Crippen molar-refractivity contribution in [1.82, 2.24) is 9.69 Å². The molecular weight excluding hydrogens is 466 g/mol. The first-order valence-corrected chi connectivity index (χ1v) is 13.1. The van der Waals surface area contributed by atoms with Crippen LogP contribution in [-0.2, 0) is 4.79 Å². The Morgan fingerprint density at radius 3 is 2.43 bits per heavy atom. The summed E-state index contributed by atoms with van der Waals surface area (Å²) in [6.45, 7) is 4.67. The number of hydrogen-bond acceptors (Lipinski definition) is 7. The van der Waals surface area contributed by atoms with Gasteiger partial charge in [0.2, 0.25) is 5.91 Å². The number of nitrogens with one attached hydrogen (secondary N) is 1. The molecule has 2 aromatic rings. The van der Waals surface area contributed by atoms with E-state index in [9.17, 15) is 14.4 Å². The van der Waals surface area contributed by atoms with Gasteiger partial charge >= 0.3 is 0 Å². The summed E-state index contributed by atoms with van der Waals surface area (Å²) in [4.78, 5) is 40.4. The van der Waals surface area contributed by atoms with Crippen molar-refractivity contribution in [1.29, 1.82) is 0 Å². The fourth-order valence-corrected chi connectivity index (χ4v) is 4.98. The summed E-state index contributed by atoms with van der Waals surface area (Å²) in [5.74, 6) is -0.812. The molecule has 10 heteroatoms. The lowest BCUT2D eigenvalue weighted by Crippen LogP contribution is -2.51. The van der Waals surface area contributed by atoms with Crippen LogP contribution in [0.25, 0.3) is 0 Å². The maximum absolute atomic E-state index is 13.8. The van der Waals surface area contributed by atoms with Gasteiger partial charge in [-0.25, -0.2) is 0 Å². The van der Waals surface area contributed by atoms with Gasteiger partial charge in [-0.05, 0) is 61.5 Å². The van der Waals surface area contributed by atoms with Crippen LogP contribution in [0.5, 0.6) is 5.75 Å². The number of hydrogen-bond donors (Lipinski definition) is 3. The highest BCUT2D eigenvalue weighted by Gasteiger charge is 2.35. The standard InChI is InChI=1S/C25H35N5O4S/c1-3-5-15-34-18-13-11-17(12-14-18)30(25(33)22-20(26)21(23(27)31)29-35-22)19(8-4-2)24(32)28-16-9-6-7-10-16/h11-14,16,19H,3-10,15,26H2,1-2H3,(H2,27,31)(H,28,32)/t19-/m0/s1. The molecule has 35 heavy (non-hydrogen) atoms. The Morgan fingerprint density at radius 1 is 1.17 bits per heavy atom. The average molecular weight is 502 g/mol. The van der Waals surface area contributed by atoms with Gasteiger partial charge in [-0.3, -0.25) is 19.3 Å². The first-order valence-electron chi connectivity index (χ1n) is 12.3. The van der Waals surface area contributed by atoms with Gasteiger partial charge in [0.05, 0.1) is 12.3 Å². The quantitative estimate of drug-likeness (QED) is 0.377. The number of nitrogens with two attached hydrogens (primary N) is 2. The molecule has 3 rings (SSSR count). The highest BCUT2D eigenvalue weighted by Crippen LogP contribution is 2.30. The highest BCUT2D eigenvalue weighted by molar-refractivity contribution is 7.09. The number of aromatic nitrogens is 1. The molecule has 5 N–H and O–H groups in total. The molecule has 1 heterocycles. The molecule has 1 aliphatic carbocycles. The van der Waals surface area contributed by atoms with Crippen LogP contribution in [-0.4, -0.2) is 40.8 Å². The van der Waals surface area contributed by atoms with Crippen LogP contribution in [0.3, 0.4) is 0 Å². The van der Waals surface area contributed by atoms with E-state index in [-0.39, 0.29) is 28.2 Å². The average Bonchev–Trinajstić information content (AvgIpc) is 3.49. The molecule has 0 bridgehead atoms. The van der Waals surface area contributed by atoms with Crippen molar-refractivity contribution >= 4 is 40.6 Å². The third kappa shape index (κ3) is 6.50. The number of nitrogen functional groups attached to an aromatic ring is 1. The summed E-state index contributed by atoms with van der Waals surface area (Å²) in [5, 5.41) is 3.13. The number of anilines is 2. The zero-order chi connectivity index (χ0) is 25.4. The summed E-state index contributed by atoms with van der Waals surface area (Å²) in [6, 6.07) is 6.46. The maximum Gasteiger partial charge on any atom is 0.272 e. The second-order valence-corrected chi connectivity index (χ2v) is 9.58. The molecule has 190 valence electrons. The van der Waals surface area contributed by atoms with Crippen LogP contribution < -0.4 is 26.4 Å². The van der Waals surface area contributed by atoms with E-state index < -0.39 is 17.9 Å². The Labute approximate surface area is 210 Å². The summed E-state index contributed by atoms with van der Waals surface area (Å²) in [7, 11) is 0. The molecule has 0 aliphatic heterocycles. The molecule has 0 unspecified atom stereocenters. The highest BCUT2D eigenvalue weighted by atomic mass is 32.1. The van der Waals surface area contributed by atoms with Crippen molar-refractivity contribution in [2.24, 2.45) is 5.73 Å². The Balaban J connectivity index is 1.97. The van der Waals surface area contributed by atoms with Gasteiger partial charge in [0, 0.05) is 11.7 Å². The van der Waals surface area contributed by atoms with Crippen LogP contribution in [0.2, 0.25) is 0 Å². The molecule has 1 saturated carbocycles. The summed E-state index contributed by atoms with van der Waals surface area (Å²) < 4.78 is 9.73. The van der Waals surface area contributed by atoms with Crippen LogP contribution in [0.15, 0.2) is 24.3 Å². The molecule has 1 aromatic carbocycles.